The Morgan fingerprint density at radius 3 is 2.50 bits per heavy atom. The summed E-state index contributed by atoms with van der Waals surface area (Å²) in [6, 6.07) is 0. The summed E-state index contributed by atoms with van der Waals surface area (Å²) in [5.41, 5.74) is -2.13. The highest BCUT2D eigenvalue weighted by Crippen LogP contribution is 2.51. The van der Waals surface area contributed by atoms with Crippen molar-refractivity contribution in [1.29, 1.82) is 0 Å². The zero-order valence-electron chi connectivity index (χ0n) is 14.6. The SMILES string of the molecule is Cc1cn([C@@H]2OC(CO)(CO)C3OC4(CCCCC4)OC32)c(=O)[nH]c1=O. The Labute approximate surface area is 149 Å². The Bertz CT molecular complexity index is 791. The molecule has 0 aromatic carbocycles. The molecule has 144 valence electrons. The first kappa shape index (κ1) is 17.9. The molecule has 3 heterocycles. The number of nitrogens with one attached hydrogen (secondary N) is 1. The molecule has 1 spiro atoms. The molecule has 1 aliphatic carbocycles. The minimum absolute atomic E-state index is 0.349. The van der Waals surface area contributed by atoms with Crippen molar-refractivity contribution in [3.63, 3.8) is 0 Å². The normalized spacial score (nSPS) is 32.0. The summed E-state index contributed by atoms with van der Waals surface area (Å²) in [4.78, 5) is 26.2. The zero-order valence-corrected chi connectivity index (χ0v) is 14.6. The number of aliphatic hydroxyl groups is 2. The summed E-state index contributed by atoms with van der Waals surface area (Å²) in [7, 11) is 0. The molecule has 9 heteroatoms. The van der Waals surface area contributed by atoms with Crippen LogP contribution in [0.2, 0.25) is 0 Å². The third kappa shape index (κ3) is 2.57. The van der Waals surface area contributed by atoms with Crippen LogP contribution in [0.3, 0.4) is 0 Å². The van der Waals surface area contributed by atoms with Crippen molar-refractivity contribution >= 4 is 0 Å². The molecule has 2 aliphatic heterocycles. The Hall–Kier alpha value is -1.52. The molecule has 1 aromatic heterocycles. The van der Waals surface area contributed by atoms with E-state index >= 15 is 0 Å². The van der Waals surface area contributed by atoms with Gasteiger partial charge in [0.1, 0.15) is 17.8 Å². The number of aromatic amines is 1. The number of H-pyrrole nitrogens is 1. The van der Waals surface area contributed by atoms with Gasteiger partial charge in [0.05, 0.1) is 13.2 Å². The molecule has 0 radical (unpaired) electrons. The first-order valence-electron chi connectivity index (χ1n) is 9.01. The van der Waals surface area contributed by atoms with Gasteiger partial charge in [-0.05, 0) is 19.8 Å². The summed E-state index contributed by atoms with van der Waals surface area (Å²) >= 11 is 0. The lowest BCUT2D eigenvalue weighted by Crippen LogP contribution is -2.50. The number of fused-ring (bicyclic) bond motifs is 1. The van der Waals surface area contributed by atoms with E-state index in [0.717, 1.165) is 32.1 Å². The lowest BCUT2D eigenvalue weighted by Gasteiger charge is -2.36. The van der Waals surface area contributed by atoms with E-state index in [1.165, 1.54) is 10.8 Å². The van der Waals surface area contributed by atoms with Crippen molar-refractivity contribution in [2.24, 2.45) is 0 Å². The first-order chi connectivity index (χ1) is 12.4. The number of nitrogens with zero attached hydrogens (tertiary/aromatic N) is 1. The van der Waals surface area contributed by atoms with Crippen molar-refractivity contribution in [2.45, 2.75) is 68.9 Å². The van der Waals surface area contributed by atoms with E-state index in [-0.39, 0.29) is 0 Å². The molecular formula is C17H24N2O7. The van der Waals surface area contributed by atoms with E-state index in [1.807, 2.05) is 0 Å². The van der Waals surface area contributed by atoms with Crippen LogP contribution in [0.25, 0.3) is 0 Å². The summed E-state index contributed by atoms with van der Waals surface area (Å²) in [5, 5.41) is 19.8. The van der Waals surface area contributed by atoms with Gasteiger partial charge in [-0.3, -0.25) is 14.3 Å². The van der Waals surface area contributed by atoms with Gasteiger partial charge in [-0.15, -0.1) is 0 Å². The maximum Gasteiger partial charge on any atom is 0.330 e. The molecule has 4 rings (SSSR count). The van der Waals surface area contributed by atoms with Gasteiger partial charge in [0.2, 0.25) is 0 Å². The van der Waals surface area contributed by atoms with Crippen LogP contribution in [0.1, 0.15) is 43.9 Å². The highest BCUT2D eigenvalue weighted by Gasteiger charge is 2.65. The number of hydrogen-bond acceptors (Lipinski definition) is 7. The Balaban J connectivity index is 1.76. The van der Waals surface area contributed by atoms with Gasteiger partial charge < -0.3 is 24.4 Å². The van der Waals surface area contributed by atoms with Gasteiger partial charge in [0, 0.05) is 24.6 Å². The lowest BCUT2D eigenvalue weighted by molar-refractivity contribution is -0.258. The van der Waals surface area contributed by atoms with Gasteiger partial charge in [0.15, 0.2) is 12.0 Å². The molecule has 0 amide bonds. The average Bonchev–Trinajstić information content (AvgIpc) is 3.13. The number of rotatable bonds is 3. The van der Waals surface area contributed by atoms with Crippen LogP contribution in [-0.4, -0.2) is 56.6 Å². The predicted molar refractivity (Wildman–Crippen MR) is 88.6 cm³/mol. The first-order valence-corrected chi connectivity index (χ1v) is 9.01. The average molecular weight is 368 g/mol. The van der Waals surface area contributed by atoms with Gasteiger partial charge in [0.25, 0.3) is 5.56 Å². The monoisotopic (exact) mass is 368 g/mol. The van der Waals surface area contributed by atoms with Crippen LogP contribution in [-0.2, 0) is 14.2 Å². The van der Waals surface area contributed by atoms with Gasteiger partial charge >= 0.3 is 5.69 Å². The largest absolute Gasteiger partial charge is 0.393 e. The minimum atomic E-state index is -1.38. The van der Waals surface area contributed by atoms with Gasteiger partial charge in [-0.2, -0.15) is 0 Å². The van der Waals surface area contributed by atoms with E-state index in [0.29, 0.717) is 5.56 Å². The third-order valence-corrected chi connectivity index (χ3v) is 5.72. The van der Waals surface area contributed by atoms with E-state index < -0.39 is 54.3 Å². The summed E-state index contributed by atoms with van der Waals surface area (Å²) in [6.45, 7) is 0.635. The zero-order chi connectivity index (χ0) is 18.5. The molecule has 9 nitrogen and oxygen atoms in total. The van der Waals surface area contributed by atoms with Crippen LogP contribution in [0.5, 0.6) is 0 Å². The molecule has 1 aromatic rings. The maximum atomic E-state index is 12.3. The van der Waals surface area contributed by atoms with E-state index in [4.69, 9.17) is 14.2 Å². The van der Waals surface area contributed by atoms with E-state index in [1.54, 1.807) is 6.92 Å². The standard InChI is InChI=1S/C17H24N2O7/c1-10-7-19(15(23)18-13(10)22)14-11-12(16(8-20,9-21)26-14)25-17(24-11)5-3-2-4-6-17/h7,11-12,14,20-21H,2-6,8-9H2,1H3,(H,18,22,23)/t11?,12?,14-/m1/s1. The highest BCUT2D eigenvalue weighted by molar-refractivity contribution is 5.09. The van der Waals surface area contributed by atoms with E-state index in [2.05, 4.69) is 4.98 Å². The maximum absolute atomic E-state index is 12.3. The molecule has 2 unspecified atom stereocenters. The number of ether oxygens (including phenoxy) is 3. The van der Waals surface area contributed by atoms with Crippen molar-refractivity contribution in [3.05, 3.63) is 32.6 Å². The van der Waals surface area contributed by atoms with Crippen molar-refractivity contribution in [2.75, 3.05) is 13.2 Å². The quantitative estimate of drug-likeness (QED) is 0.660. The molecule has 0 bridgehead atoms. The van der Waals surface area contributed by atoms with Crippen LogP contribution in [0.4, 0.5) is 0 Å². The number of aromatic nitrogens is 2. The highest BCUT2D eigenvalue weighted by atomic mass is 16.8. The molecular weight excluding hydrogens is 344 g/mol. The molecule has 3 atom stereocenters. The Kier molecular flexibility index (Phi) is 4.31. The summed E-state index contributed by atoms with van der Waals surface area (Å²) in [5.74, 6) is -0.772. The molecule has 3 aliphatic rings. The van der Waals surface area contributed by atoms with Crippen molar-refractivity contribution in [1.82, 2.24) is 9.55 Å². The second-order valence-corrected chi connectivity index (χ2v) is 7.46. The number of aliphatic hydroxyl groups excluding tert-OH is 2. The number of aryl methyl sites for hydroxylation is 1. The lowest BCUT2D eigenvalue weighted by atomic mass is 9.94. The fourth-order valence-corrected chi connectivity index (χ4v) is 4.25. The summed E-state index contributed by atoms with van der Waals surface area (Å²) in [6.07, 6.45) is 3.59. The Morgan fingerprint density at radius 1 is 1.15 bits per heavy atom. The van der Waals surface area contributed by atoms with Crippen LogP contribution in [0.15, 0.2) is 15.8 Å². The molecule has 26 heavy (non-hydrogen) atoms. The molecule has 3 N–H and O–H groups in total. The molecule has 3 fully saturated rings. The third-order valence-electron chi connectivity index (χ3n) is 5.72. The molecule has 1 saturated carbocycles. The smallest absolute Gasteiger partial charge is 0.330 e. The Morgan fingerprint density at radius 2 is 1.85 bits per heavy atom. The van der Waals surface area contributed by atoms with Crippen molar-refractivity contribution in [3.8, 4) is 0 Å². The fourth-order valence-electron chi connectivity index (χ4n) is 4.25. The number of hydrogen-bond donors (Lipinski definition) is 3. The van der Waals surface area contributed by atoms with E-state index in [9.17, 15) is 19.8 Å². The van der Waals surface area contributed by atoms with Gasteiger partial charge in [-0.1, -0.05) is 6.42 Å². The topological polar surface area (TPSA) is 123 Å². The summed E-state index contributed by atoms with van der Waals surface area (Å²) < 4.78 is 19.6. The van der Waals surface area contributed by atoms with Crippen LogP contribution in [0, 0.1) is 6.92 Å². The second kappa shape index (κ2) is 6.28. The minimum Gasteiger partial charge on any atom is -0.393 e. The fraction of sp³-hybridized carbons (Fsp3) is 0.765. The molecule has 2 saturated heterocycles. The second-order valence-electron chi connectivity index (χ2n) is 7.46. The van der Waals surface area contributed by atoms with Crippen molar-refractivity contribution < 1.29 is 24.4 Å². The van der Waals surface area contributed by atoms with Crippen LogP contribution >= 0.6 is 0 Å². The predicted octanol–water partition coefficient (Wildman–Crippen LogP) is -0.458. The van der Waals surface area contributed by atoms with Gasteiger partial charge in [-0.25, -0.2) is 4.79 Å². The van der Waals surface area contributed by atoms with Crippen LogP contribution < -0.4 is 11.2 Å².